The zero-order valence-corrected chi connectivity index (χ0v) is 15.3. The average Bonchev–Trinajstić information content (AvgIpc) is 2.72. The van der Waals surface area contributed by atoms with Crippen LogP contribution >= 0.6 is 11.6 Å². The number of rotatable bonds is 7. The summed E-state index contributed by atoms with van der Waals surface area (Å²) in [6, 6.07) is 25.1. The van der Waals surface area contributed by atoms with Gasteiger partial charge in [0.2, 0.25) is 5.78 Å². The van der Waals surface area contributed by atoms with Gasteiger partial charge in [-0.15, -0.1) is 0 Å². The fraction of sp³-hybridized carbons (Fsp3) is 0.0435. The van der Waals surface area contributed by atoms with Gasteiger partial charge in [0, 0.05) is 28.8 Å². The van der Waals surface area contributed by atoms with Crippen molar-refractivity contribution in [1.82, 2.24) is 5.32 Å². The van der Waals surface area contributed by atoms with Crippen LogP contribution in [-0.4, -0.2) is 11.6 Å². The summed E-state index contributed by atoms with van der Waals surface area (Å²) in [6.07, 6.45) is 1.35. The molecule has 4 heteroatoms. The van der Waals surface area contributed by atoms with Gasteiger partial charge in [0.1, 0.15) is 0 Å². The van der Waals surface area contributed by atoms with E-state index < -0.39 is 0 Å². The summed E-state index contributed by atoms with van der Waals surface area (Å²) in [5.41, 5.74) is 2.11. The third-order valence-electron chi connectivity index (χ3n) is 4.04. The molecule has 0 aliphatic rings. The SMILES string of the molecule is O=C(/C=C(/NCc1ccccc1Cl)C(=O)c1ccccc1)c1ccccc1. The molecular weight excluding hydrogens is 358 g/mol. The first-order valence-electron chi connectivity index (χ1n) is 8.53. The molecule has 0 aliphatic carbocycles. The van der Waals surface area contributed by atoms with Crippen LogP contribution in [0.1, 0.15) is 26.3 Å². The van der Waals surface area contributed by atoms with Crippen LogP contribution in [0.5, 0.6) is 0 Å². The number of halogens is 1. The van der Waals surface area contributed by atoms with Crippen molar-refractivity contribution in [2.24, 2.45) is 0 Å². The topological polar surface area (TPSA) is 46.2 Å². The summed E-state index contributed by atoms with van der Waals surface area (Å²) in [4.78, 5) is 25.5. The fourth-order valence-electron chi connectivity index (χ4n) is 2.59. The standard InChI is InChI=1S/C23H18ClNO2/c24-20-14-8-7-13-19(20)16-25-21(23(27)18-11-5-2-6-12-18)15-22(26)17-9-3-1-4-10-17/h1-15,25H,16H2/b21-15+. The lowest BCUT2D eigenvalue weighted by molar-refractivity contribution is 0.100. The number of ketones is 2. The maximum Gasteiger partial charge on any atom is 0.208 e. The van der Waals surface area contributed by atoms with Gasteiger partial charge in [-0.05, 0) is 11.6 Å². The molecule has 3 aromatic rings. The van der Waals surface area contributed by atoms with E-state index in [2.05, 4.69) is 5.32 Å². The monoisotopic (exact) mass is 375 g/mol. The molecule has 0 spiro atoms. The molecule has 134 valence electrons. The molecule has 3 nitrogen and oxygen atoms in total. The Balaban J connectivity index is 1.89. The molecule has 0 saturated heterocycles. The molecule has 27 heavy (non-hydrogen) atoms. The van der Waals surface area contributed by atoms with Crippen LogP contribution in [0.3, 0.4) is 0 Å². The van der Waals surface area contributed by atoms with Gasteiger partial charge in [-0.3, -0.25) is 9.59 Å². The first kappa shape index (κ1) is 18.6. The highest BCUT2D eigenvalue weighted by molar-refractivity contribution is 6.31. The van der Waals surface area contributed by atoms with Crippen LogP contribution in [0, 0.1) is 0 Å². The second kappa shape index (κ2) is 8.97. The maximum atomic E-state index is 12.9. The third kappa shape index (κ3) is 4.93. The minimum atomic E-state index is -0.244. The van der Waals surface area contributed by atoms with E-state index in [9.17, 15) is 9.59 Å². The number of Topliss-reactive ketones (excluding diaryl/α,β-unsaturated/α-hetero) is 1. The zero-order chi connectivity index (χ0) is 19.1. The molecule has 0 bridgehead atoms. The summed E-state index contributed by atoms with van der Waals surface area (Å²) in [5, 5.41) is 3.68. The van der Waals surface area contributed by atoms with E-state index in [-0.39, 0.29) is 17.3 Å². The summed E-state index contributed by atoms with van der Waals surface area (Å²) in [6.45, 7) is 0.339. The van der Waals surface area contributed by atoms with E-state index in [1.54, 1.807) is 54.6 Å². The number of carbonyl (C=O) groups is 2. The lowest BCUT2D eigenvalue weighted by Crippen LogP contribution is -2.22. The maximum absolute atomic E-state index is 12.9. The Morgan fingerprint density at radius 1 is 0.778 bits per heavy atom. The molecule has 0 atom stereocenters. The molecule has 0 aromatic heterocycles. The summed E-state index contributed by atoms with van der Waals surface area (Å²) in [7, 11) is 0. The highest BCUT2D eigenvalue weighted by Crippen LogP contribution is 2.16. The van der Waals surface area contributed by atoms with Crippen LogP contribution in [0.4, 0.5) is 0 Å². The van der Waals surface area contributed by atoms with Crippen molar-refractivity contribution in [1.29, 1.82) is 0 Å². The lowest BCUT2D eigenvalue weighted by atomic mass is 10.0. The summed E-state index contributed by atoms with van der Waals surface area (Å²) >= 11 is 6.19. The van der Waals surface area contributed by atoms with Crippen molar-refractivity contribution < 1.29 is 9.59 Å². The molecule has 0 saturated carbocycles. The first-order chi connectivity index (χ1) is 13.1. The van der Waals surface area contributed by atoms with Gasteiger partial charge < -0.3 is 5.32 Å². The van der Waals surface area contributed by atoms with Gasteiger partial charge in [-0.1, -0.05) is 90.5 Å². The van der Waals surface area contributed by atoms with E-state index in [4.69, 9.17) is 11.6 Å². The number of benzene rings is 3. The fourth-order valence-corrected chi connectivity index (χ4v) is 2.79. The Kier molecular flexibility index (Phi) is 6.18. The lowest BCUT2D eigenvalue weighted by Gasteiger charge is -2.11. The minimum Gasteiger partial charge on any atom is -0.378 e. The molecule has 3 aromatic carbocycles. The average molecular weight is 376 g/mol. The smallest absolute Gasteiger partial charge is 0.208 e. The number of hydrogen-bond donors (Lipinski definition) is 1. The van der Waals surface area contributed by atoms with E-state index in [0.717, 1.165) is 5.56 Å². The van der Waals surface area contributed by atoms with Crippen molar-refractivity contribution >= 4 is 23.2 Å². The number of allylic oxidation sites excluding steroid dienone is 2. The number of carbonyl (C=O) groups excluding carboxylic acids is 2. The van der Waals surface area contributed by atoms with Crippen molar-refractivity contribution in [2.75, 3.05) is 0 Å². The third-order valence-corrected chi connectivity index (χ3v) is 4.41. The molecule has 0 fully saturated rings. The molecule has 0 radical (unpaired) electrons. The van der Waals surface area contributed by atoms with Crippen LogP contribution < -0.4 is 5.32 Å². The molecular formula is C23H18ClNO2. The summed E-state index contributed by atoms with van der Waals surface area (Å²) < 4.78 is 0. The molecule has 0 aliphatic heterocycles. The second-order valence-electron chi connectivity index (χ2n) is 5.93. The zero-order valence-electron chi connectivity index (χ0n) is 14.6. The first-order valence-corrected chi connectivity index (χ1v) is 8.91. The normalized spacial score (nSPS) is 11.1. The predicted molar refractivity (Wildman–Crippen MR) is 108 cm³/mol. The van der Waals surface area contributed by atoms with Crippen molar-refractivity contribution in [3.63, 3.8) is 0 Å². The van der Waals surface area contributed by atoms with Crippen LogP contribution in [0.25, 0.3) is 0 Å². The van der Waals surface area contributed by atoms with E-state index in [0.29, 0.717) is 22.7 Å². The van der Waals surface area contributed by atoms with Crippen molar-refractivity contribution in [3.8, 4) is 0 Å². The predicted octanol–water partition coefficient (Wildman–Crippen LogP) is 5.08. The molecule has 3 rings (SSSR count). The number of nitrogens with one attached hydrogen (secondary N) is 1. The quantitative estimate of drug-likeness (QED) is 0.462. The molecule has 0 heterocycles. The van der Waals surface area contributed by atoms with Crippen molar-refractivity contribution in [3.05, 3.63) is 118 Å². The highest BCUT2D eigenvalue weighted by Gasteiger charge is 2.15. The Morgan fingerprint density at radius 2 is 1.33 bits per heavy atom. The van der Waals surface area contributed by atoms with E-state index >= 15 is 0 Å². The van der Waals surface area contributed by atoms with Gasteiger partial charge in [0.05, 0.1) is 5.70 Å². The molecule has 0 amide bonds. The van der Waals surface area contributed by atoms with Crippen molar-refractivity contribution in [2.45, 2.75) is 6.54 Å². The van der Waals surface area contributed by atoms with Gasteiger partial charge >= 0.3 is 0 Å². The molecule has 0 unspecified atom stereocenters. The second-order valence-corrected chi connectivity index (χ2v) is 6.34. The van der Waals surface area contributed by atoms with Gasteiger partial charge in [0.25, 0.3) is 0 Å². The van der Waals surface area contributed by atoms with Crippen LogP contribution in [0.2, 0.25) is 5.02 Å². The Hall–Kier alpha value is -3.17. The summed E-state index contributed by atoms with van der Waals surface area (Å²) in [5.74, 6) is -0.478. The molecule has 1 N–H and O–H groups in total. The Labute approximate surface area is 163 Å². The van der Waals surface area contributed by atoms with E-state index in [1.807, 2.05) is 30.3 Å². The van der Waals surface area contributed by atoms with Crippen LogP contribution in [-0.2, 0) is 6.54 Å². The largest absolute Gasteiger partial charge is 0.378 e. The van der Waals surface area contributed by atoms with Gasteiger partial charge in [-0.25, -0.2) is 0 Å². The number of hydrogen-bond acceptors (Lipinski definition) is 3. The highest BCUT2D eigenvalue weighted by atomic mass is 35.5. The van der Waals surface area contributed by atoms with Gasteiger partial charge in [-0.2, -0.15) is 0 Å². The van der Waals surface area contributed by atoms with Gasteiger partial charge in [0.15, 0.2) is 5.78 Å². The van der Waals surface area contributed by atoms with E-state index in [1.165, 1.54) is 6.08 Å². The van der Waals surface area contributed by atoms with Crippen LogP contribution in [0.15, 0.2) is 96.7 Å². The Morgan fingerprint density at radius 3 is 1.96 bits per heavy atom. The Bertz CT molecular complexity index is 966. The minimum absolute atomic E-state index is 0.231.